The molecule has 0 bridgehead atoms. The van der Waals surface area contributed by atoms with Gasteiger partial charge in [0.05, 0.1) is 6.54 Å². The zero-order valence-electron chi connectivity index (χ0n) is 5.13. The summed E-state index contributed by atoms with van der Waals surface area (Å²) in [6.45, 7) is 4.61. The Hall–Kier alpha value is -1.52. The molecule has 0 spiro atoms. The molecule has 5 heteroatoms. The molecule has 0 amide bonds. The highest BCUT2D eigenvalue weighted by molar-refractivity contribution is 4.90. The fourth-order valence-electron chi connectivity index (χ4n) is 0.560. The molecule has 2 N–H and O–H groups in total. The second-order valence-corrected chi connectivity index (χ2v) is 1.62. The average molecular weight is 140 g/mol. The normalized spacial score (nSPS) is 9.60. The van der Waals surface area contributed by atoms with Gasteiger partial charge in [-0.25, -0.2) is 24.4 Å². The maximum absolute atomic E-state index is 10.6. The van der Waals surface area contributed by atoms with Crippen molar-refractivity contribution in [3.8, 4) is 0 Å². The highest BCUT2D eigenvalue weighted by atomic mass is 16.2. The summed E-state index contributed by atoms with van der Waals surface area (Å²) in [5, 5.41) is 4.23. The Labute approximate surface area is 56.0 Å². The molecular weight excluding hydrogens is 134 g/mol. The van der Waals surface area contributed by atoms with Crippen molar-refractivity contribution >= 4 is 0 Å². The van der Waals surface area contributed by atoms with Gasteiger partial charge in [-0.1, -0.05) is 6.08 Å². The molecule has 0 saturated heterocycles. The van der Waals surface area contributed by atoms with Crippen molar-refractivity contribution in [1.82, 2.24) is 14.8 Å². The summed E-state index contributed by atoms with van der Waals surface area (Å²) in [4.78, 5) is 21.3. The Morgan fingerprint density at radius 2 is 1.80 bits per heavy atom. The van der Waals surface area contributed by atoms with E-state index in [0.717, 1.165) is 4.57 Å². The third-order valence-electron chi connectivity index (χ3n) is 0.968. The Morgan fingerprint density at radius 3 is 2.20 bits per heavy atom. The van der Waals surface area contributed by atoms with Gasteiger partial charge < -0.3 is 0 Å². The number of hydrogen-bond acceptors (Lipinski definition) is 2. The van der Waals surface area contributed by atoms with Crippen LogP contribution in [-0.4, -0.2) is 14.8 Å². The van der Waals surface area contributed by atoms with Crippen LogP contribution in [0.2, 0.25) is 0 Å². The van der Waals surface area contributed by atoms with Crippen molar-refractivity contribution in [3.63, 3.8) is 0 Å². The molecule has 1 radical (unpaired) electrons. The van der Waals surface area contributed by atoms with E-state index in [4.69, 9.17) is 0 Å². The van der Waals surface area contributed by atoms with Crippen LogP contribution in [0.5, 0.6) is 0 Å². The van der Waals surface area contributed by atoms with Gasteiger partial charge in [-0.3, -0.25) is 0 Å². The Bertz CT molecular complexity index is 302. The zero-order valence-corrected chi connectivity index (χ0v) is 5.13. The second-order valence-electron chi connectivity index (χ2n) is 1.62. The molecule has 0 aromatic carbocycles. The quantitative estimate of drug-likeness (QED) is 0.556. The molecule has 1 rings (SSSR count). The summed E-state index contributed by atoms with van der Waals surface area (Å²) in [7, 11) is 0. The first-order chi connectivity index (χ1) is 4.75. The second kappa shape index (κ2) is 2.38. The highest BCUT2D eigenvalue weighted by Gasteiger charge is 1.97. The van der Waals surface area contributed by atoms with Crippen LogP contribution in [0.25, 0.3) is 0 Å². The van der Waals surface area contributed by atoms with Crippen LogP contribution in [0.3, 0.4) is 0 Å². The Kier molecular flexibility index (Phi) is 1.57. The van der Waals surface area contributed by atoms with Crippen LogP contribution in [0.15, 0.2) is 22.2 Å². The van der Waals surface area contributed by atoms with Gasteiger partial charge in [-0.15, -0.1) is 6.58 Å². The van der Waals surface area contributed by atoms with E-state index >= 15 is 0 Å². The molecule has 0 aliphatic rings. The highest BCUT2D eigenvalue weighted by Crippen LogP contribution is 1.71. The van der Waals surface area contributed by atoms with Crippen molar-refractivity contribution in [2.24, 2.45) is 0 Å². The molecule has 5 nitrogen and oxygen atoms in total. The third-order valence-corrected chi connectivity index (χ3v) is 0.968. The third kappa shape index (κ3) is 0.928. The maximum atomic E-state index is 10.6. The molecular formula is C5H6N3O2. The lowest BCUT2D eigenvalue weighted by atomic mass is 10.6. The van der Waals surface area contributed by atoms with Crippen LogP contribution >= 0.6 is 0 Å². The van der Waals surface area contributed by atoms with Gasteiger partial charge in [0.1, 0.15) is 0 Å². The SMILES string of the molecule is C=C[CH]n1c(=O)[nH][nH]c1=O. The predicted molar refractivity (Wildman–Crippen MR) is 35.6 cm³/mol. The molecule has 0 fully saturated rings. The van der Waals surface area contributed by atoms with E-state index in [9.17, 15) is 9.59 Å². The van der Waals surface area contributed by atoms with E-state index in [0.29, 0.717) is 0 Å². The molecule has 0 unspecified atom stereocenters. The minimum Gasteiger partial charge on any atom is -0.247 e. The number of aromatic amines is 2. The molecule has 0 aliphatic carbocycles. The molecule has 1 heterocycles. The van der Waals surface area contributed by atoms with E-state index in [2.05, 4.69) is 16.8 Å². The topological polar surface area (TPSA) is 70.7 Å². The van der Waals surface area contributed by atoms with Crippen molar-refractivity contribution < 1.29 is 0 Å². The fraction of sp³-hybridized carbons (Fsp3) is 0. The smallest absolute Gasteiger partial charge is 0.247 e. The summed E-state index contributed by atoms with van der Waals surface area (Å²) < 4.78 is 0.882. The summed E-state index contributed by atoms with van der Waals surface area (Å²) in [5.41, 5.74) is -0.991. The zero-order chi connectivity index (χ0) is 7.56. The Balaban J connectivity index is 3.23. The molecule has 0 atom stereocenters. The fourth-order valence-corrected chi connectivity index (χ4v) is 0.560. The first-order valence-electron chi connectivity index (χ1n) is 2.61. The largest absolute Gasteiger partial charge is 0.344 e. The van der Waals surface area contributed by atoms with Crippen molar-refractivity contribution in [3.05, 3.63) is 40.2 Å². The van der Waals surface area contributed by atoms with E-state index in [1.807, 2.05) is 0 Å². The maximum Gasteiger partial charge on any atom is 0.344 e. The van der Waals surface area contributed by atoms with Crippen molar-refractivity contribution in [2.45, 2.75) is 0 Å². The van der Waals surface area contributed by atoms with Crippen LogP contribution in [-0.2, 0) is 0 Å². The van der Waals surface area contributed by atoms with Gasteiger partial charge in [0.25, 0.3) is 0 Å². The Morgan fingerprint density at radius 1 is 1.30 bits per heavy atom. The van der Waals surface area contributed by atoms with Crippen molar-refractivity contribution in [1.29, 1.82) is 0 Å². The first-order valence-corrected chi connectivity index (χ1v) is 2.61. The van der Waals surface area contributed by atoms with Crippen LogP contribution in [0.4, 0.5) is 0 Å². The molecule has 1 aromatic rings. The summed E-state index contributed by atoms with van der Waals surface area (Å²) in [5.74, 6) is 0. The minimum absolute atomic E-state index is 0.495. The number of hydrogen-bond donors (Lipinski definition) is 2. The lowest BCUT2D eigenvalue weighted by Crippen LogP contribution is -2.24. The van der Waals surface area contributed by atoms with Gasteiger partial charge >= 0.3 is 11.4 Å². The minimum atomic E-state index is -0.495. The summed E-state index contributed by atoms with van der Waals surface area (Å²) in [6.07, 6.45) is 1.35. The average Bonchev–Trinajstić information content (AvgIpc) is 2.20. The van der Waals surface area contributed by atoms with E-state index in [1.54, 1.807) is 0 Å². The van der Waals surface area contributed by atoms with Gasteiger partial charge in [0.15, 0.2) is 0 Å². The molecule has 1 aromatic heterocycles. The van der Waals surface area contributed by atoms with Crippen molar-refractivity contribution in [2.75, 3.05) is 0 Å². The number of aromatic nitrogens is 3. The lowest BCUT2D eigenvalue weighted by molar-refractivity contribution is 0.900. The number of rotatable bonds is 2. The number of allylic oxidation sites excluding steroid dienone is 1. The lowest BCUT2D eigenvalue weighted by Gasteiger charge is -1.85. The van der Waals surface area contributed by atoms with E-state index in [-0.39, 0.29) is 0 Å². The van der Waals surface area contributed by atoms with Crippen LogP contribution < -0.4 is 11.4 Å². The standard InChI is InChI=1S/C5H6N3O2/c1-2-3-8-4(9)6-7-5(8)10/h2-3H,1H2,(H,6,9)(H,7,10). The monoisotopic (exact) mass is 140 g/mol. The molecule has 10 heavy (non-hydrogen) atoms. The summed E-state index contributed by atoms with van der Waals surface area (Å²) in [6, 6.07) is 0. The number of H-pyrrole nitrogens is 2. The van der Waals surface area contributed by atoms with Gasteiger partial charge in [-0.2, -0.15) is 0 Å². The number of nitrogens with one attached hydrogen (secondary N) is 2. The summed E-state index contributed by atoms with van der Waals surface area (Å²) >= 11 is 0. The van der Waals surface area contributed by atoms with E-state index in [1.165, 1.54) is 12.6 Å². The van der Waals surface area contributed by atoms with Gasteiger partial charge in [0, 0.05) is 0 Å². The van der Waals surface area contributed by atoms with Crippen LogP contribution in [0, 0.1) is 6.54 Å². The van der Waals surface area contributed by atoms with Gasteiger partial charge in [0.2, 0.25) is 0 Å². The number of nitrogens with zero attached hydrogens (tertiary/aromatic N) is 1. The van der Waals surface area contributed by atoms with E-state index < -0.39 is 11.4 Å². The van der Waals surface area contributed by atoms with Crippen LogP contribution in [0.1, 0.15) is 0 Å². The first kappa shape index (κ1) is 6.60. The predicted octanol–water partition coefficient (Wildman–Crippen LogP) is -0.939. The van der Waals surface area contributed by atoms with Gasteiger partial charge in [-0.05, 0) is 0 Å². The molecule has 0 saturated carbocycles. The molecule has 53 valence electrons. The molecule has 0 aliphatic heterocycles.